The molecule has 2 aromatic heterocycles. The van der Waals surface area contributed by atoms with E-state index < -0.39 is 6.10 Å². The van der Waals surface area contributed by atoms with Crippen molar-refractivity contribution in [1.82, 2.24) is 9.97 Å². The Morgan fingerprint density at radius 3 is 2.72 bits per heavy atom. The van der Waals surface area contributed by atoms with Gasteiger partial charge in [-0.3, -0.25) is 0 Å². The molecular weight excluding hydrogens is 246 g/mol. The van der Waals surface area contributed by atoms with Crippen LogP contribution in [0.15, 0.2) is 23.7 Å². The summed E-state index contributed by atoms with van der Waals surface area (Å²) in [6.45, 7) is 4.48. The summed E-state index contributed by atoms with van der Waals surface area (Å²) in [7, 11) is 1.99. The summed E-state index contributed by atoms with van der Waals surface area (Å²) in [6, 6.07) is 3.82. The van der Waals surface area contributed by atoms with Gasteiger partial charge < -0.3 is 10.0 Å². The molecule has 0 radical (unpaired) electrons. The average Bonchev–Trinajstić information content (AvgIpc) is 2.75. The predicted molar refractivity (Wildman–Crippen MR) is 73.8 cm³/mol. The van der Waals surface area contributed by atoms with Gasteiger partial charge in [-0.15, -0.1) is 11.3 Å². The van der Waals surface area contributed by atoms with E-state index >= 15 is 0 Å². The fourth-order valence-corrected chi connectivity index (χ4v) is 2.28. The van der Waals surface area contributed by atoms with Gasteiger partial charge in [-0.1, -0.05) is 6.07 Å². The van der Waals surface area contributed by atoms with Crippen LogP contribution in [0.4, 0.5) is 5.82 Å². The molecule has 1 N–H and O–H groups in total. The van der Waals surface area contributed by atoms with Gasteiger partial charge in [-0.2, -0.15) is 0 Å². The summed E-state index contributed by atoms with van der Waals surface area (Å²) >= 11 is 1.66. The number of pyridine rings is 1. The molecule has 96 valence electrons. The highest BCUT2D eigenvalue weighted by Gasteiger charge is 2.07. The van der Waals surface area contributed by atoms with Crippen molar-refractivity contribution in [2.45, 2.75) is 26.5 Å². The van der Waals surface area contributed by atoms with Crippen LogP contribution in [0.2, 0.25) is 0 Å². The number of anilines is 1. The standard InChI is InChI=1S/C13H17N3OS/c1-9(17)11-4-5-13(14-6-11)16(3)7-12-8-18-10(2)15-12/h4-6,8-9,17H,7H2,1-3H3. The number of hydrogen-bond donors (Lipinski definition) is 1. The van der Waals surface area contributed by atoms with Crippen LogP contribution in [0.25, 0.3) is 0 Å². The molecule has 0 fully saturated rings. The monoisotopic (exact) mass is 263 g/mol. The van der Waals surface area contributed by atoms with Gasteiger partial charge in [0.25, 0.3) is 0 Å². The minimum absolute atomic E-state index is 0.474. The van der Waals surface area contributed by atoms with E-state index in [9.17, 15) is 5.11 Å². The molecule has 2 aromatic rings. The van der Waals surface area contributed by atoms with Crippen LogP contribution in [0, 0.1) is 6.92 Å². The number of aromatic nitrogens is 2. The molecule has 4 nitrogen and oxygen atoms in total. The van der Waals surface area contributed by atoms with Crippen LogP contribution in [0.3, 0.4) is 0 Å². The van der Waals surface area contributed by atoms with Crippen molar-refractivity contribution >= 4 is 17.2 Å². The van der Waals surface area contributed by atoms with Gasteiger partial charge in [-0.25, -0.2) is 9.97 Å². The van der Waals surface area contributed by atoms with Crippen LogP contribution in [0.5, 0.6) is 0 Å². The smallest absolute Gasteiger partial charge is 0.128 e. The number of nitrogens with zero attached hydrogens (tertiary/aromatic N) is 3. The van der Waals surface area contributed by atoms with E-state index in [-0.39, 0.29) is 0 Å². The highest BCUT2D eigenvalue weighted by molar-refractivity contribution is 7.09. The summed E-state index contributed by atoms with van der Waals surface area (Å²) < 4.78 is 0. The Morgan fingerprint density at radius 2 is 2.22 bits per heavy atom. The Balaban J connectivity index is 2.06. The van der Waals surface area contributed by atoms with Crippen LogP contribution >= 0.6 is 11.3 Å². The molecule has 1 atom stereocenters. The van der Waals surface area contributed by atoms with E-state index in [0.29, 0.717) is 0 Å². The lowest BCUT2D eigenvalue weighted by molar-refractivity contribution is 0.199. The van der Waals surface area contributed by atoms with Crippen molar-refractivity contribution in [1.29, 1.82) is 0 Å². The average molecular weight is 263 g/mol. The van der Waals surface area contributed by atoms with E-state index in [1.807, 2.05) is 31.0 Å². The Kier molecular flexibility index (Phi) is 3.93. The topological polar surface area (TPSA) is 49.2 Å². The van der Waals surface area contributed by atoms with Gasteiger partial charge >= 0.3 is 0 Å². The quantitative estimate of drug-likeness (QED) is 0.921. The minimum Gasteiger partial charge on any atom is -0.389 e. The molecule has 2 heterocycles. The van der Waals surface area contributed by atoms with Crippen molar-refractivity contribution in [3.05, 3.63) is 40.0 Å². The number of hydrogen-bond acceptors (Lipinski definition) is 5. The second kappa shape index (κ2) is 5.46. The number of thiazole rings is 1. The fraction of sp³-hybridized carbons (Fsp3) is 0.385. The molecule has 0 bridgehead atoms. The van der Waals surface area contributed by atoms with Gasteiger partial charge in [0.05, 0.1) is 23.4 Å². The third-order valence-corrected chi connectivity index (χ3v) is 3.53. The third-order valence-electron chi connectivity index (χ3n) is 2.71. The Bertz CT molecular complexity index is 507. The largest absolute Gasteiger partial charge is 0.389 e. The van der Waals surface area contributed by atoms with E-state index in [0.717, 1.165) is 28.6 Å². The van der Waals surface area contributed by atoms with Gasteiger partial charge in [-0.05, 0) is 25.5 Å². The molecule has 0 saturated carbocycles. The summed E-state index contributed by atoms with van der Waals surface area (Å²) in [4.78, 5) is 10.8. The van der Waals surface area contributed by atoms with Crippen LogP contribution in [-0.4, -0.2) is 22.1 Å². The normalized spacial score (nSPS) is 12.4. The first-order chi connectivity index (χ1) is 8.56. The zero-order valence-electron chi connectivity index (χ0n) is 10.8. The molecule has 0 aliphatic heterocycles. The van der Waals surface area contributed by atoms with E-state index in [1.54, 1.807) is 24.5 Å². The van der Waals surface area contributed by atoms with Crippen molar-refractivity contribution < 1.29 is 5.11 Å². The number of aliphatic hydroxyl groups is 1. The third kappa shape index (κ3) is 3.05. The minimum atomic E-state index is -0.474. The van der Waals surface area contributed by atoms with Crippen molar-refractivity contribution in [3.63, 3.8) is 0 Å². The highest BCUT2D eigenvalue weighted by Crippen LogP contribution is 2.17. The van der Waals surface area contributed by atoms with Gasteiger partial charge in [0, 0.05) is 18.6 Å². The second-order valence-electron chi connectivity index (χ2n) is 4.34. The Hall–Kier alpha value is -1.46. The molecule has 5 heteroatoms. The van der Waals surface area contributed by atoms with Crippen molar-refractivity contribution in [2.24, 2.45) is 0 Å². The molecule has 0 saturated heterocycles. The molecule has 0 aliphatic rings. The van der Waals surface area contributed by atoms with Crippen molar-refractivity contribution in [3.8, 4) is 0 Å². The maximum absolute atomic E-state index is 9.43. The summed E-state index contributed by atoms with van der Waals surface area (Å²) in [5, 5.41) is 12.6. The number of rotatable bonds is 4. The first kappa shape index (κ1) is 13.0. The van der Waals surface area contributed by atoms with E-state index in [4.69, 9.17) is 0 Å². The predicted octanol–water partition coefficient (Wildman–Crippen LogP) is 2.54. The first-order valence-electron chi connectivity index (χ1n) is 5.82. The molecule has 18 heavy (non-hydrogen) atoms. The lowest BCUT2D eigenvalue weighted by Crippen LogP contribution is -2.17. The SMILES string of the molecule is Cc1nc(CN(C)c2ccc(C(C)O)cn2)cs1. The van der Waals surface area contributed by atoms with E-state index in [2.05, 4.69) is 15.3 Å². The molecule has 0 amide bonds. The molecule has 1 unspecified atom stereocenters. The lowest BCUT2D eigenvalue weighted by atomic mass is 10.2. The van der Waals surface area contributed by atoms with Crippen LogP contribution in [-0.2, 0) is 6.54 Å². The summed E-state index contributed by atoms with van der Waals surface area (Å²) in [5.41, 5.74) is 1.89. The summed E-state index contributed by atoms with van der Waals surface area (Å²) in [6.07, 6.45) is 1.24. The van der Waals surface area contributed by atoms with E-state index in [1.165, 1.54) is 0 Å². The lowest BCUT2D eigenvalue weighted by Gasteiger charge is -2.17. The second-order valence-corrected chi connectivity index (χ2v) is 5.40. The fourth-order valence-electron chi connectivity index (χ4n) is 1.68. The molecule has 0 aromatic carbocycles. The first-order valence-corrected chi connectivity index (χ1v) is 6.70. The van der Waals surface area contributed by atoms with Gasteiger partial charge in [0.1, 0.15) is 5.82 Å². The zero-order valence-corrected chi connectivity index (χ0v) is 11.6. The number of aliphatic hydroxyl groups excluding tert-OH is 1. The zero-order chi connectivity index (χ0) is 13.1. The van der Waals surface area contributed by atoms with Crippen LogP contribution < -0.4 is 4.90 Å². The molecule has 0 spiro atoms. The number of aryl methyl sites for hydroxylation is 1. The van der Waals surface area contributed by atoms with Crippen LogP contribution in [0.1, 0.15) is 29.3 Å². The Morgan fingerprint density at radius 1 is 1.44 bits per heavy atom. The summed E-state index contributed by atoms with van der Waals surface area (Å²) in [5.74, 6) is 0.880. The Labute approximate surface area is 111 Å². The van der Waals surface area contributed by atoms with Gasteiger partial charge in [0.2, 0.25) is 0 Å². The molecular formula is C13H17N3OS. The van der Waals surface area contributed by atoms with Gasteiger partial charge in [0.15, 0.2) is 0 Å². The van der Waals surface area contributed by atoms with Crippen molar-refractivity contribution in [2.75, 3.05) is 11.9 Å². The maximum Gasteiger partial charge on any atom is 0.128 e. The molecule has 2 rings (SSSR count). The maximum atomic E-state index is 9.43. The highest BCUT2D eigenvalue weighted by atomic mass is 32.1. The molecule has 0 aliphatic carbocycles.